The number of hydrogen-bond donors (Lipinski definition) is 2. The maximum atomic E-state index is 6.27. The van der Waals surface area contributed by atoms with Crippen LogP contribution in [0.25, 0.3) is 0 Å². The fourth-order valence-electron chi connectivity index (χ4n) is 3.86. The first-order valence-corrected chi connectivity index (χ1v) is 10.2. The zero-order valence-corrected chi connectivity index (χ0v) is 17.3. The van der Waals surface area contributed by atoms with Crippen molar-refractivity contribution in [3.8, 4) is 11.5 Å². The van der Waals surface area contributed by atoms with E-state index >= 15 is 0 Å². The van der Waals surface area contributed by atoms with Crippen LogP contribution in [0, 0.1) is 0 Å². The zero-order valence-electron chi connectivity index (χ0n) is 16.5. The molecule has 2 N–H and O–H groups in total. The Hall–Kier alpha value is -2.44. The van der Waals surface area contributed by atoms with E-state index < -0.39 is 0 Å². The van der Waals surface area contributed by atoms with Gasteiger partial charge in [-0.3, -0.25) is 4.99 Å². The van der Waals surface area contributed by atoms with Crippen molar-refractivity contribution in [3.05, 3.63) is 58.6 Å². The molecule has 1 saturated heterocycles. The number of rotatable bonds is 5. The quantitative estimate of drug-likeness (QED) is 0.578. The van der Waals surface area contributed by atoms with Gasteiger partial charge in [-0.2, -0.15) is 0 Å². The lowest BCUT2D eigenvalue weighted by molar-refractivity contribution is 0.0514. The lowest BCUT2D eigenvalue weighted by atomic mass is 9.74. The first kappa shape index (κ1) is 19.9. The SMILES string of the molecule is CN=C(NCc1ccc2c(c1)OCO2)NCC1(c2cccc(Cl)c2)CCOCC1. The summed E-state index contributed by atoms with van der Waals surface area (Å²) in [5.41, 5.74) is 2.32. The molecule has 2 aromatic carbocycles. The van der Waals surface area contributed by atoms with Crippen LogP contribution in [0.5, 0.6) is 11.5 Å². The molecule has 6 nitrogen and oxygen atoms in total. The second-order valence-electron chi connectivity index (χ2n) is 7.37. The summed E-state index contributed by atoms with van der Waals surface area (Å²) in [6, 6.07) is 14.1. The summed E-state index contributed by atoms with van der Waals surface area (Å²) >= 11 is 6.27. The van der Waals surface area contributed by atoms with Crippen LogP contribution in [0.1, 0.15) is 24.0 Å². The summed E-state index contributed by atoms with van der Waals surface area (Å²) in [6.45, 7) is 3.18. The number of aliphatic imine (C=N–C) groups is 1. The van der Waals surface area contributed by atoms with Crippen molar-refractivity contribution in [2.24, 2.45) is 4.99 Å². The molecule has 7 heteroatoms. The van der Waals surface area contributed by atoms with E-state index in [2.05, 4.69) is 27.8 Å². The van der Waals surface area contributed by atoms with Crippen LogP contribution in [-0.2, 0) is 16.7 Å². The number of guanidine groups is 1. The summed E-state index contributed by atoms with van der Waals surface area (Å²) in [5, 5.41) is 7.65. The molecule has 0 unspecified atom stereocenters. The van der Waals surface area contributed by atoms with Gasteiger partial charge >= 0.3 is 0 Å². The Kier molecular flexibility index (Phi) is 6.11. The molecule has 154 valence electrons. The van der Waals surface area contributed by atoms with Crippen LogP contribution in [0.3, 0.4) is 0 Å². The molecule has 2 aliphatic heterocycles. The molecular weight excluding hydrogens is 390 g/mol. The highest BCUT2D eigenvalue weighted by Crippen LogP contribution is 2.35. The third-order valence-electron chi connectivity index (χ3n) is 5.60. The van der Waals surface area contributed by atoms with E-state index in [1.807, 2.05) is 30.3 Å². The number of nitrogens with one attached hydrogen (secondary N) is 2. The summed E-state index contributed by atoms with van der Waals surface area (Å²) in [7, 11) is 1.78. The standard InChI is InChI=1S/C22H26ClN3O3/c1-24-21(25-13-16-5-6-19-20(11-16)29-15-28-19)26-14-22(7-9-27-10-8-22)17-3-2-4-18(23)12-17/h2-6,11-12H,7-10,13-15H2,1H3,(H2,24,25,26). The number of halogens is 1. The molecule has 4 rings (SSSR count). The molecule has 0 bridgehead atoms. The molecule has 0 spiro atoms. The third-order valence-corrected chi connectivity index (χ3v) is 5.84. The van der Waals surface area contributed by atoms with Crippen LogP contribution >= 0.6 is 11.6 Å². The highest BCUT2D eigenvalue weighted by atomic mass is 35.5. The van der Waals surface area contributed by atoms with Gasteiger partial charge in [-0.1, -0.05) is 29.8 Å². The molecule has 0 aliphatic carbocycles. The molecule has 2 aliphatic rings. The van der Waals surface area contributed by atoms with E-state index in [4.69, 9.17) is 25.8 Å². The Labute approximate surface area is 176 Å². The average molecular weight is 416 g/mol. The number of hydrogen-bond acceptors (Lipinski definition) is 4. The Morgan fingerprint density at radius 2 is 1.90 bits per heavy atom. The van der Waals surface area contributed by atoms with Gasteiger partial charge in [0, 0.05) is 43.8 Å². The summed E-state index contributed by atoms with van der Waals surface area (Å²) in [5.74, 6) is 2.34. The van der Waals surface area contributed by atoms with Crippen molar-refractivity contribution < 1.29 is 14.2 Å². The Morgan fingerprint density at radius 1 is 1.07 bits per heavy atom. The van der Waals surface area contributed by atoms with Gasteiger partial charge in [0.05, 0.1) is 0 Å². The summed E-state index contributed by atoms with van der Waals surface area (Å²) in [4.78, 5) is 4.38. The Bertz CT molecular complexity index is 881. The molecule has 0 aromatic heterocycles. The van der Waals surface area contributed by atoms with Gasteiger partial charge in [0.2, 0.25) is 6.79 Å². The molecule has 0 atom stereocenters. The van der Waals surface area contributed by atoms with Crippen LogP contribution in [0.2, 0.25) is 5.02 Å². The minimum absolute atomic E-state index is 0.0283. The van der Waals surface area contributed by atoms with Gasteiger partial charge < -0.3 is 24.8 Å². The highest BCUT2D eigenvalue weighted by Gasteiger charge is 2.34. The monoisotopic (exact) mass is 415 g/mol. The molecule has 0 amide bonds. The zero-order chi connectivity index (χ0) is 20.1. The predicted octanol–water partition coefficient (Wildman–Crippen LogP) is 3.48. The number of nitrogens with zero attached hydrogens (tertiary/aromatic N) is 1. The maximum absolute atomic E-state index is 6.27. The lowest BCUT2D eigenvalue weighted by Gasteiger charge is -2.38. The van der Waals surface area contributed by atoms with Crippen molar-refractivity contribution in [2.75, 3.05) is 33.6 Å². The van der Waals surface area contributed by atoms with Crippen molar-refractivity contribution in [1.29, 1.82) is 0 Å². The number of ether oxygens (including phenoxy) is 3. The highest BCUT2D eigenvalue weighted by molar-refractivity contribution is 6.30. The number of fused-ring (bicyclic) bond motifs is 1. The van der Waals surface area contributed by atoms with Gasteiger partial charge in [-0.25, -0.2) is 0 Å². The van der Waals surface area contributed by atoms with E-state index in [0.29, 0.717) is 6.54 Å². The first-order chi connectivity index (χ1) is 14.2. The van der Waals surface area contributed by atoms with Gasteiger partial charge in [0.1, 0.15) is 0 Å². The molecule has 1 fully saturated rings. The van der Waals surface area contributed by atoms with Crippen LogP contribution in [0.15, 0.2) is 47.5 Å². The molecule has 2 heterocycles. The smallest absolute Gasteiger partial charge is 0.231 e. The van der Waals surface area contributed by atoms with Crippen LogP contribution in [0.4, 0.5) is 0 Å². The second kappa shape index (κ2) is 8.93. The molecule has 0 radical (unpaired) electrons. The van der Waals surface area contributed by atoms with Gasteiger partial charge in [0.25, 0.3) is 0 Å². The minimum Gasteiger partial charge on any atom is -0.454 e. The maximum Gasteiger partial charge on any atom is 0.231 e. The lowest BCUT2D eigenvalue weighted by Crippen LogP contribution is -2.47. The minimum atomic E-state index is -0.0283. The van der Waals surface area contributed by atoms with Crippen LogP contribution in [-0.4, -0.2) is 39.6 Å². The van der Waals surface area contributed by atoms with E-state index in [9.17, 15) is 0 Å². The Morgan fingerprint density at radius 3 is 2.69 bits per heavy atom. The fraction of sp³-hybridized carbons (Fsp3) is 0.409. The summed E-state index contributed by atoms with van der Waals surface area (Å²) in [6.07, 6.45) is 1.89. The predicted molar refractivity (Wildman–Crippen MR) is 114 cm³/mol. The van der Waals surface area contributed by atoms with Crippen molar-refractivity contribution in [3.63, 3.8) is 0 Å². The molecule has 2 aromatic rings. The van der Waals surface area contributed by atoms with E-state index in [1.165, 1.54) is 5.56 Å². The summed E-state index contributed by atoms with van der Waals surface area (Å²) < 4.78 is 16.4. The van der Waals surface area contributed by atoms with E-state index in [1.54, 1.807) is 7.05 Å². The molecular formula is C22H26ClN3O3. The largest absolute Gasteiger partial charge is 0.454 e. The van der Waals surface area contributed by atoms with Crippen molar-refractivity contribution >= 4 is 17.6 Å². The van der Waals surface area contributed by atoms with Gasteiger partial charge in [0.15, 0.2) is 17.5 Å². The van der Waals surface area contributed by atoms with Crippen molar-refractivity contribution in [2.45, 2.75) is 24.8 Å². The van der Waals surface area contributed by atoms with Gasteiger partial charge in [-0.05, 0) is 48.2 Å². The van der Waals surface area contributed by atoms with E-state index in [-0.39, 0.29) is 12.2 Å². The topological polar surface area (TPSA) is 64.1 Å². The first-order valence-electron chi connectivity index (χ1n) is 9.85. The van der Waals surface area contributed by atoms with Crippen molar-refractivity contribution in [1.82, 2.24) is 10.6 Å². The molecule has 0 saturated carbocycles. The average Bonchev–Trinajstić information content (AvgIpc) is 3.22. The number of benzene rings is 2. The third kappa shape index (κ3) is 4.60. The van der Waals surface area contributed by atoms with E-state index in [0.717, 1.165) is 60.6 Å². The normalized spacial score (nSPS) is 17.8. The fourth-order valence-corrected chi connectivity index (χ4v) is 4.05. The molecule has 29 heavy (non-hydrogen) atoms. The van der Waals surface area contributed by atoms with Gasteiger partial charge in [-0.15, -0.1) is 0 Å². The second-order valence-corrected chi connectivity index (χ2v) is 7.81. The Balaban J connectivity index is 1.40. The van der Waals surface area contributed by atoms with Crippen LogP contribution < -0.4 is 20.1 Å².